The van der Waals surface area contributed by atoms with Gasteiger partial charge in [-0.15, -0.1) is 0 Å². The minimum absolute atomic E-state index is 0.0295. The maximum atomic E-state index is 13.4. The van der Waals surface area contributed by atoms with Crippen LogP contribution in [0.25, 0.3) is 0 Å². The van der Waals surface area contributed by atoms with Gasteiger partial charge >= 0.3 is 0 Å². The minimum atomic E-state index is -0.205. The van der Waals surface area contributed by atoms with Crippen molar-refractivity contribution in [1.82, 2.24) is 10.3 Å². The number of anilines is 1. The smallest absolute Gasteiger partial charge is 0.172 e. The molecule has 2 aromatic rings. The van der Waals surface area contributed by atoms with Crippen LogP contribution in [-0.4, -0.2) is 16.6 Å². The standard InChI is InChI=1S/C20H22BrClFN3S/c1-13-17(22)11-16(21)18(25-13)26-19(27)24-12-20(9-3-2-4-10-20)14-5-7-15(23)8-6-14/h5-8,11H,2-4,9-10,12H2,1H3,(H2,24,25,26,27). The van der Waals surface area contributed by atoms with Gasteiger partial charge in [-0.3, -0.25) is 0 Å². The van der Waals surface area contributed by atoms with Crippen molar-refractivity contribution in [1.29, 1.82) is 0 Å². The fourth-order valence-corrected chi connectivity index (χ4v) is 4.52. The van der Waals surface area contributed by atoms with Crippen molar-refractivity contribution in [2.45, 2.75) is 44.4 Å². The second-order valence-electron chi connectivity index (χ2n) is 7.04. The molecule has 0 atom stereocenters. The molecule has 0 amide bonds. The van der Waals surface area contributed by atoms with Crippen LogP contribution in [0, 0.1) is 12.7 Å². The Morgan fingerprint density at radius 3 is 2.59 bits per heavy atom. The molecule has 27 heavy (non-hydrogen) atoms. The number of hydrogen-bond donors (Lipinski definition) is 2. The predicted molar refractivity (Wildman–Crippen MR) is 117 cm³/mol. The van der Waals surface area contributed by atoms with Gasteiger partial charge in [0.1, 0.15) is 11.6 Å². The molecule has 0 aliphatic heterocycles. The SMILES string of the molecule is Cc1nc(NC(=S)NCC2(c3ccc(F)cc3)CCCCC2)c(Br)cc1Cl. The molecule has 0 spiro atoms. The molecule has 1 fully saturated rings. The van der Waals surface area contributed by atoms with Gasteiger partial charge in [-0.05, 0) is 71.7 Å². The largest absolute Gasteiger partial charge is 0.362 e. The topological polar surface area (TPSA) is 37.0 Å². The van der Waals surface area contributed by atoms with Gasteiger partial charge in [-0.1, -0.05) is 43.0 Å². The van der Waals surface area contributed by atoms with Gasteiger partial charge in [-0.25, -0.2) is 9.37 Å². The zero-order valence-electron chi connectivity index (χ0n) is 15.1. The molecule has 3 rings (SSSR count). The number of hydrogen-bond acceptors (Lipinski definition) is 2. The van der Waals surface area contributed by atoms with E-state index >= 15 is 0 Å². The molecule has 0 radical (unpaired) electrons. The molecule has 0 saturated heterocycles. The molecule has 1 saturated carbocycles. The van der Waals surface area contributed by atoms with Crippen LogP contribution in [-0.2, 0) is 5.41 Å². The quantitative estimate of drug-likeness (QED) is 0.527. The van der Waals surface area contributed by atoms with E-state index in [1.807, 2.05) is 19.1 Å². The lowest BCUT2D eigenvalue weighted by Crippen LogP contribution is -2.43. The van der Waals surface area contributed by atoms with Crippen LogP contribution in [0.2, 0.25) is 5.02 Å². The van der Waals surface area contributed by atoms with Crippen molar-refractivity contribution in [2.75, 3.05) is 11.9 Å². The molecule has 1 heterocycles. The van der Waals surface area contributed by atoms with Crippen molar-refractivity contribution in [2.24, 2.45) is 0 Å². The van der Waals surface area contributed by atoms with Crippen LogP contribution in [0.1, 0.15) is 43.4 Å². The second kappa shape index (κ2) is 8.84. The summed E-state index contributed by atoms with van der Waals surface area (Å²) in [6.07, 6.45) is 5.71. The molecular weight excluding hydrogens is 449 g/mol. The van der Waals surface area contributed by atoms with Gasteiger partial charge in [-0.2, -0.15) is 0 Å². The normalized spacial score (nSPS) is 16.0. The average Bonchev–Trinajstić information content (AvgIpc) is 2.66. The summed E-state index contributed by atoms with van der Waals surface area (Å²) in [5, 5.41) is 7.60. The Morgan fingerprint density at radius 2 is 1.93 bits per heavy atom. The maximum absolute atomic E-state index is 13.4. The minimum Gasteiger partial charge on any atom is -0.362 e. The summed E-state index contributed by atoms with van der Waals surface area (Å²) < 4.78 is 14.1. The number of benzene rings is 1. The fourth-order valence-electron chi connectivity index (χ4n) is 3.65. The van der Waals surface area contributed by atoms with E-state index in [2.05, 4.69) is 31.5 Å². The van der Waals surface area contributed by atoms with E-state index in [0.717, 1.165) is 23.0 Å². The van der Waals surface area contributed by atoms with Gasteiger partial charge in [0.25, 0.3) is 0 Å². The van der Waals surface area contributed by atoms with Crippen LogP contribution >= 0.6 is 39.7 Å². The van der Waals surface area contributed by atoms with E-state index in [0.29, 0.717) is 22.5 Å². The van der Waals surface area contributed by atoms with Crippen LogP contribution < -0.4 is 10.6 Å². The highest BCUT2D eigenvalue weighted by molar-refractivity contribution is 9.10. The number of thiocarbonyl (C=S) groups is 1. The summed E-state index contributed by atoms with van der Waals surface area (Å²) in [6.45, 7) is 2.55. The molecule has 0 bridgehead atoms. The zero-order chi connectivity index (χ0) is 19.4. The van der Waals surface area contributed by atoms with Gasteiger partial charge in [0.2, 0.25) is 0 Å². The molecule has 0 unspecified atom stereocenters. The summed E-state index contributed by atoms with van der Waals surface area (Å²) >= 11 is 15.0. The lowest BCUT2D eigenvalue weighted by atomic mass is 9.69. The van der Waals surface area contributed by atoms with E-state index in [4.69, 9.17) is 23.8 Å². The molecular formula is C20H22BrClFN3S. The fraction of sp³-hybridized carbons (Fsp3) is 0.400. The van der Waals surface area contributed by atoms with Crippen LogP contribution in [0.15, 0.2) is 34.8 Å². The monoisotopic (exact) mass is 469 g/mol. The highest BCUT2D eigenvalue weighted by Crippen LogP contribution is 2.39. The molecule has 7 heteroatoms. The summed E-state index contributed by atoms with van der Waals surface area (Å²) in [5.74, 6) is 0.428. The Bertz CT molecular complexity index is 823. The number of pyridine rings is 1. The van der Waals surface area contributed by atoms with E-state index < -0.39 is 0 Å². The van der Waals surface area contributed by atoms with E-state index in [1.165, 1.54) is 24.8 Å². The zero-order valence-corrected chi connectivity index (χ0v) is 18.3. The lowest BCUT2D eigenvalue weighted by Gasteiger charge is -2.38. The van der Waals surface area contributed by atoms with Crippen LogP contribution in [0.3, 0.4) is 0 Å². The lowest BCUT2D eigenvalue weighted by molar-refractivity contribution is 0.292. The molecule has 1 aromatic carbocycles. The Kier molecular flexibility index (Phi) is 6.71. The number of aryl methyl sites for hydroxylation is 1. The van der Waals surface area contributed by atoms with E-state index in [9.17, 15) is 4.39 Å². The molecule has 144 valence electrons. The van der Waals surface area contributed by atoms with Crippen molar-refractivity contribution in [3.63, 3.8) is 0 Å². The van der Waals surface area contributed by atoms with Crippen molar-refractivity contribution >= 4 is 50.7 Å². The van der Waals surface area contributed by atoms with Crippen LogP contribution in [0.4, 0.5) is 10.2 Å². The van der Waals surface area contributed by atoms with E-state index in [1.54, 1.807) is 18.2 Å². The first-order valence-corrected chi connectivity index (χ1v) is 10.6. The highest BCUT2D eigenvalue weighted by atomic mass is 79.9. The first kappa shape index (κ1) is 20.5. The number of rotatable bonds is 4. The number of aromatic nitrogens is 1. The Balaban J connectivity index is 1.71. The molecule has 1 aliphatic carbocycles. The number of halogens is 3. The third kappa shape index (κ3) is 4.98. The first-order valence-electron chi connectivity index (χ1n) is 9.03. The van der Waals surface area contributed by atoms with Gasteiger partial charge in [0.05, 0.1) is 15.2 Å². The predicted octanol–water partition coefficient (Wildman–Crippen LogP) is 6.13. The van der Waals surface area contributed by atoms with Gasteiger partial charge < -0.3 is 10.6 Å². The summed E-state index contributed by atoms with van der Waals surface area (Å²) in [7, 11) is 0. The third-order valence-electron chi connectivity index (χ3n) is 5.19. The summed E-state index contributed by atoms with van der Waals surface area (Å²) in [6, 6.07) is 8.69. The number of nitrogens with one attached hydrogen (secondary N) is 2. The third-order valence-corrected chi connectivity index (χ3v) is 6.42. The van der Waals surface area contributed by atoms with Crippen molar-refractivity contribution in [3.8, 4) is 0 Å². The molecule has 2 N–H and O–H groups in total. The Morgan fingerprint density at radius 1 is 1.26 bits per heavy atom. The summed E-state index contributed by atoms with van der Waals surface area (Å²) in [5.41, 5.74) is 1.87. The summed E-state index contributed by atoms with van der Waals surface area (Å²) in [4.78, 5) is 4.43. The average molecular weight is 471 g/mol. The van der Waals surface area contributed by atoms with Gasteiger partial charge in [0.15, 0.2) is 5.11 Å². The maximum Gasteiger partial charge on any atom is 0.172 e. The van der Waals surface area contributed by atoms with E-state index in [-0.39, 0.29) is 11.2 Å². The molecule has 1 aliphatic rings. The molecule has 1 aromatic heterocycles. The Hall–Kier alpha value is -1.24. The van der Waals surface area contributed by atoms with Crippen molar-refractivity contribution in [3.05, 3.63) is 56.9 Å². The highest BCUT2D eigenvalue weighted by Gasteiger charge is 2.34. The number of nitrogens with zero attached hydrogens (tertiary/aromatic N) is 1. The second-order valence-corrected chi connectivity index (χ2v) is 8.71. The molecule has 3 nitrogen and oxygen atoms in total. The van der Waals surface area contributed by atoms with Crippen LogP contribution in [0.5, 0.6) is 0 Å². The van der Waals surface area contributed by atoms with Gasteiger partial charge in [0, 0.05) is 12.0 Å². The van der Waals surface area contributed by atoms with Crippen molar-refractivity contribution < 1.29 is 4.39 Å². The first-order chi connectivity index (χ1) is 12.9. The Labute approximate surface area is 178 Å².